The number of hydrogen-bond donors (Lipinski definition) is 2. The monoisotopic (exact) mass is 231 g/mol. The van der Waals surface area contributed by atoms with Gasteiger partial charge in [-0.2, -0.15) is 11.8 Å². The predicted octanol–water partition coefficient (Wildman–Crippen LogP) is 1.11. The molecule has 0 aromatic carbocycles. The minimum atomic E-state index is -0.858. The molecule has 2 N–H and O–H groups in total. The van der Waals surface area contributed by atoms with Crippen LogP contribution < -0.4 is 5.32 Å². The summed E-state index contributed by atoms with van der Waals surface area (Å²) >= 11 is 1.78. The van der Waals surface area contributed by atoms with Crippen LogP contribution in [0.15, 0.2) is 0 Å². The van der Waals surface area contributed by atoms with Gasteiger partial charge >= 0.3 is 5.97 Å². The molecule has 1 amide bonds. The first-order valence-electron chi connectivity index (χ1n) is 5.23. The third kappa shape index (κ3) is 4.11. The maximum absolute atomic E-state index is 11.7. The van der Waals surface area contributed by atoms with E-state index in [0.29, 0.717) is 6.42 Å². The molecule has 15 heavy (non-hydrogen) atoms. The molecule has 1 aliphatic heterocycles. The number of thioether (sulfide) groups is 1. The number of carbonyl (C=O) groups excluding carboxylic acids is 1. The van der Waals surface area contributed by atoms with E-state index in [4.69, 9.17) is 5.11 Å². The first kappa shape index (κ1) is 12.4. The minimum Gasteiger partial charge on any atom is -0.481 e. The van der Waals surface area contributed by atoms with Crippen LogP contribution in [0.1, 0.15) is 26.2 Å². The van der Waals surface area contributed by atoms with E-state index in [0.717, 1.165) is 17.9 Å². The Morgan fingerprint density at radius 3 is 2.80 bits per heavy atom. The lowest BCUT2D eigenvalue weighted by atomic mass is 10.1. The van der Waals surface area contributed by atoms with Crippen molar-refractivity contribution in [1.82, 2.24) is 5.32 Å². The van der Waals surface area contributed by atoms with E-state index in [2.05, 4.69) is 5.32 Å². The highest BCUT2D eigenvalue weighted by atomic mass is 32.2. The molecule has 0 spiro atoms. The van der Waals surface area contributed by atoms with Crippen LogP contribution in [0.25, 0.3) is 0 Å². The molecule has 2 atom stereocenters. The summed E-state index contributed by atoms with van der Waals surface area (Å²) in [4.78, 5) is 22.2. The fourth-order valence-electron chi connectivity index (χ4n) is 1.57. The van der Waals surface area contributed by atoms with Gasteiger partial charge in [-0.3, -0.25) is 9.59 Å². The molecular formula is C10H17NO3S. The summed E-state index contributed by atoms with van der Waals surface area (Å²) in [6.45, 7) is 1.89. The van der Waals surface area contributed by atoms with Crippen molar-refractivity contribution in [2.45, 2.75) is 32.2 Å². The van der Waals surface area contributed by atoms with Crippen molar-refractivity contribution < 1.29 is 14.7 Å². The van der Waals surface area contributed by atoms with Gasteiger partial charge in [0.1, 0.15) is 0 Å². The fraction of sp³-hybridized carbons (Fsp3) is 0.800. The standard InChI is InChI=1S/C10H17NO3S/c1-2-8(5-9(12)13)11-10(14)7-3-4-15-6-7/h7-8H,2-6H2,1H3,(H,11,14)(H,12,13). The quantitative estimate of drug-likeness (QED) is 0.744. The van der Waals surface area contributed by atoms with Gasteiger partial charge < -0.3 is 10.4 Å². The Hall–Kier alpha value is -0.710. The number of carboxylic acid groups (broad SMARTS) is 1. The molecule has 1 saturated heterocycles. The molecule has 86 valence electrons. The average molecular weight is 231 g/mol. The first-order chi connectivity index (χ1) is 7.13. The molecule has 0 bridgehead atoms. The summed E-state index contributed by atoms with van der Waals surface area (Å²) < 4.78 is 0. The average Bonchev–Trinajstić information content (AvgIpc) is 2.68. The van der Waals surface area contributed by atoms with Crippen molar-refractivity contribution in [3.05, 3.63) is 0 Å². The van der Waals surface area contributed by atoms with E-state index in [9.17, 15) is 9.59 Å². The van der Waals surface area contributed by atoms with Crippen molar-refractivity contribution >= 4 is 23.6 Å². The lowest BCUT2D eigenvalue weighted by Crippen LogP contribution is -2.39. The molecule has 0 aromatic rings. The van der Waals surface area contributed by atoms with Crippen LogP contribution in [0.4, 0.5) is 0 Å². The van der Waals surface area contributed by atoms with Gasteiger partial charge in [0.2, 0.25) is 5.91 Å². The number of aliphatic carboxylic acids is 1. The zero-order valence-electron chi connectivity index (χ0n) is 8.86. The van der Waals surface area contributed by atoms with Crippen molar-refractivity contribution in [1.29, 1.82) is 0 Å². The van der Waals surface area contributed by atoms with Crippen LogP contribution in [0.3, 0.4) is 0 Å². The molecule has 0 saturated carbocycles. The molecule has 1 aliphatic rings. The normalized spacial score (nSPS) is 22.3. The van der Waals surface area contributed by atoms with Crippen molar-refractivity contribution in [2.75, 3.05) is 11.5 Å². The van der Waals surface area contributed by atoms with Crippen LogP contribution in [0.2, 0.25) is 0 Å². The van der Waals surface area contributed by atoms with Crippen LogP contribution in [0, 0.1) is 5.92 Å². The van der Waals surface area contributed by atoms with Gasteiger partial charge in [0.05, 0.1) is 6.42 Å². The first-order valence-corrected chi connectivity index (χ1v) is 6.38. The Labute approximate surface area is 93.8 Å². The van der Waals surface area contributed by atoms with E-state index in [1.807, 2.05) is 6.92 Å². The Balaban J connectivity index is 2.36. The Kier molecular flexibility index (Phi) is 4.94. The highest BCUT2D eigenvalue weighted by molar-refractivity contribution is 7.99. The third-order valence-electron chi connectivity index (χ3n) is 2.56. The largest absolute Gasteiger partial charge is 0.481 e. The summed E-state index contributed by atoms with van der Waals surface area (Å²) in [7, 11) is 0. The van der Waals surface area contributed by atoms with Crippen LogP contribution in [-0.2, 0) is 9.59 Å². The van der Waals surface area contributed by atoms with E-state index in [1.165, 1.54) is 0 Å². The van der Waals surface area contributed by atoms with Gasteiger partial charge in [0, 0.05) is 17.7 Å². The summed E-state index contributed by atoms with van der Waals surface area (Å²) in [5.74, 6) is 1.15. The van der Waals surface area contributed by atoms with Gasteiger partial charge in [0.25, 0.3) is 0 Å². The Morgan fingerprint density at radius 1 is 1.60 bits per heavy atom. The van der Waals surface area contributed by atoms with Gasteiger partial charge in [-0.25, -0.2) is 0 Å². The van der Waals surface area contributed by atoms with Crippen LogP contribution >= 0.6 is 11.8 Å². The van der Waals surface area contributed by atoms with Crippen LogP contribution in [0.5, 0.6) is 0 Å². The molecule has 0 aliphatic carbocycles. The molecule has 1 rings (SSSR count). The molecule has 0 aromatic heterocycles. The Bertz CT molecular complexity index is 239. The van der Waals surface area contributed by atoms with E-state index in [-0.39, 0.29) is 24.3 Å². The zero-order chi connectivity index (χ0) is 11.3. The predicted molar refractivity (Wildman–Crippen MR) is 59.9 cm³/mol. The number of carboxylic acids is 1. The number of hydrogen-bond acceptors (Lipinski definition) is 3. The minimum absolute atomic E-state index is 0.0160. The maximum Gasteiger partial charge on any atom is 0.305 e. The number of nitrogens with one attached hydrogen (secondary N) is 1. The van der Waals surface area contributed by atoms with Crippen LogP contribution in [-0.4, -0.2) is 34.5 Å². The highest BCUT2D eigenvalue weighted by Crippen LogP contribution is 2.23. The zero-order valence-corrected chi connectivity index (χ0v) is 9.68. The van der Waals surface area contributed by atoms with Gasteiger partial charge in [-0.1, -0.05) is 6.92 Å². The summed E-state index contributed by atoms with van der Waals surface area (Å²) in [5, 5.41) is 11.4. The fourth-order valence-corrected chi connectivity index (χ4v) is 2.79. The summed E-state index contributed by atoms with van der Waals surface area (Å²) in [6, 6.07) is -0.222. The van der Waals surface area contributed by atoms with E-state index >= 15 is 0 Å². The second-order valence-corrected chi connectivity index (χ2v) is 4.92. The second-order valence-electron chi connectivity index (χ2n) is 3.77. The molecule has 1 fully saturated rings. The number of rotatable bonds is 5. The topological polar surface area (TPSA) is 66.4 Å². The molecule has 2 unspecified atom stereocenters. The molecule has 5 heteroatoms. The SMILES string of the molecule is CCC(CC(=O)O)NC(=O)C1CCSC1. The second kappa shape index (κ2) is 6.00. The molecule has 4 nitrogen and oxygen atoms in total. The molecular weight excluding hydrogens is 214 g/mol. The molecule has 1 heterocycles. The van der Waals surface area contributed by atoms with Crippen molar-refractivity contribution in [3.8, 4) is 0 Å². The summed E-state index contributed by atoms with van der Waals surface area (Å²) in [6.07, 6.45) is 1.60. The van der Waals surface area contributed by atoms with Gasteiger partial charge in [-0.15, -0.1) is 0 Å². The van der Waals surface area contributed by atoms with Crippen molar-refractivity contribution in [2.24, 2.45) is 5.92 Å². The lowest BCUT2D eigenvalue weighted by molar-refractivity contribution is -0.137. The molecule has 0 radical (unpaired) electrons. The van der Waals surface area contributed by atoms with E-state index in [1.54, 1.807) is 11.8 Å². The van der Waals surface area contributed by atoms with Crippen molar-refractivity contribution in [3.63, 3.8) is 0 Å². The Morgan fingerprint density at radius 2 is 2.33 bits per heavy atom. The summed E-state index contributed by atoms with van der Waals surface area (Å²) in [5.41, 5.74) is 0. The van der Waals surface area contributed by atoms with E-state index < -0.39 is 5.97 Å². The van der Waals surface area contributed by atoms with Gasteiger partial charge in [-0.05, 0) is 18.6 Å². The third-order valence-corrected chi connectivity index (χ3v) is 3.72. The number of carbonyl (C=O) groups is 2. The smallest absolute Gasteiger partial charge is 0.305 e. The maximum atomic E-state index is 11.7. The lowest BCUT2D eigenvalue weighted by Gasteiger charge is -2.17. The van der Waals surface area contributed by atoms with Gasteiger partial charge in [0.15, 0.2) is 0 Å². The number of amides is 1. The highest BCUT2D eigenvalue weighted by Gasteiger charge is 2.25.